The second-order valence-electron chi connectivity index (χ2n) is 2.93. The summed E-state index contributed by atoms with van der Waals surface area (Å²) in [7, 11) is 0.921. The molecule has 2 heteroatoms. The molecule has 0 heterocycles. The molecule has 1 aromatic rings. The molecule has 0 N–H and O–H groups in total. The van der Waals surface area contributed by atoms with Crippen LogP contribution in [0.1, 0.15) is 16.7 Å². The first kappa shape index (κ1) is 8.18. The Bertz CT molecular complexity index is 269. The molecule has 0 spiro atoms. The predicted octanol–water partition coefficient (Wildman–Crippen LogP) is 1.29. The summed E-state index contributed by atoms with van der Waals surface area (Å²) < 4.78 is 10.6. The first-order valence-electron chi connectivity index (χ1n) is 3.68. The van der Waals surface area contributed by atoms with Crippen LogP contribution in [0.5, 0.6) is 0 Å². The first-order chi connectivity index (χ1) is 5.15. The van der Waals surface area contributed by atoms with E-state index in [1.165, 1.54) is 5.56 Å². The van der Waals surface area contributed by atoms with E-state index < -0.39 is 0 Å². The summed E-state index contributed by atoms with van der Waals surface area (Å²) in [5.74, 6) is 0. The van der Waals surface area contributed by atoms with Gasteiger partial charge in [-0.1, -0.05) is 0 Å². The van der Waals surface area contributed by atoms with Gasteiger partial charge in [-0.25, -0.2) is 0 Å². The van der Waals surface area contributed by atoms with Crippen LogP contribution in [0.25, 0.3) is 0 Å². The van der Waals surface area contributed by atoms with E-state index >= 15 is 0 Å². The molecule has 0 saturated carbocycles. The van der Waals surface area contributed by atoms with Crippen LogP contribution in [0.3, 0.4) is 0 Å². The third kappa shape index (κ3) is 1.56. The summed E-state index contributed by atoms with van der Waals surface area (Å²) in [4.78, 5) is 0. The monoisotopic (exact) mass is 146 g/mol. The van der Waals surface area contributed by atoms with Gasteiger partial charge in [-0.2, -0.15) is 0 Å². The van der Waals surface area contributed by atoms with E-state index in [0.29, 0.717) is 0 Å². The van der Waals surface area contributed by atoms with Crippen molar-refractivity contribution in [3.05, 3.63) is 28.8 Å². The van der Waals surface area contributed by atoms with E-state index in [4.69, 9.17) is 0 Å². The van der Waals surface area contributed by atoms with E-state index in [1.54, 1.807) is 0 Å². The van der Waals surface area contributed by atoms with Gasteiger partial charge in [-0.15, -0.1) is 0 Å². The second kappa shape index (κ2) is 2.99. The molecule has 0 saturated heterocycles. The van der Waals surface area contributed by atoms with Gasteiger partial charge in [0.25, 0.3) is 0 Å². The molecule has 0 unspecified atom stereocenters. The van der Waals surface area contributed by atoms with Crippen LogP contribution in [0.4, 0.5) is 0 Å². The van der Waals surface area contributed by atoms with Gasteiger partial charge in [-0.3, -0.25) is 0 Å². The van der Waals surface area contributed by atoms with E-state index in [2.05, 4.69) is 0 Å². The van der Waals surface area contributed by atoms with E-state index in [1.807, 2.05) is 32.9 Å². The zero-order valence-electron chi connectivity index (χ0n) is 7.14. The first-order valence-corrected chi connectivity index (χ1v) is 3.68. The van der Waals surface area contributed by atoms with Crippen molar-refractivity contribution in [3.63, 3.8) is 0 Å². The van der Waals surface area contributed by atoms with Gasteiger partial charge in [0.15, 0.2) is 0 Å². The molecule has 0 amide bonds. The molecule has 0 atom stereocenters. The van der Waals surface area contributed by atoms with Crippen LogP contribution in [-0.2, 0) is 4.70 Å². The topological polar surface area (TPSA) is 17.1 Å². The molecule has 0 bridgehead atoms. The average Bonchev–Trinajstić information content (AvgIpc) is 1.85. The molecule has 0 aliphatic rings. The molecule has 1 nitrogen and oxygen atoms in total. The number of hydrogen-bond donors (Lipinski definition) is 0. The fraction of sp³-hybridized carbons (Fsp3) is 0.333. The van der Waals surface area contributed by atoms with Crippen molar-refractivity contribution in [1.82, 2.24) is 0 Å². The zero-order valence-corrected chi connectivity index (χ0v) is 7.14. The number of aryl methyl sites for hydroxylation is 3. The Hall–Kier alpha value is -0.915. The Morgan fingerprint density at radius 3 is 1.91 bits per heavy atom. The molecule has 0 aromatic heterocycles. The van der Waals surface area contributed by atoms with E-state index in [0.717, 1.165) is 23.7 Å². The summed E-state index contributed by atoms with van der Waals surface area (Å²) in [5, 5.41) is 0. The standard InChI is InChI=1S/C9H11BO/c1-6-4-7(2)9(10-11)8(3)5-6/h4-5H,1-3H3. The summed E-state index contributed by atoms with van der Waals surface area (Å²) in [6, 6.07) is 4.05. The van der Waals surface area contributed by atoms with Crippen LogP contribution >= 0.6 is 0 Å². The summed E-state index contributed by atoms with van der Waals surface area (Å²) >= 11 is 0. The van der Waals surface area contributed by atoms with Crippen LogP contribution < -0.4 is 5.46 Å². The maximum absolute atomic E-state index is 10.6. The molecular formula is C9H11BO. The molecule has 1 aromatic carbocycles. The number of benzene rings is 1. The molecule has 0 aliphatic heterocycles. The van der Waals surface area contributed by atoms with Crippen molar-refractivity contribution in [2.45, 2.75) is 20.8 Å². The van der Waals surface area contributed by atoms with Crippen LogP contribution in [0, 0.1) is 20.8 Å². The van der Waals surface area contributed by atoms with Crippen molar-refractivity contribution in [2.24, 2.45) is 0 Å². The third-order valence-corrected chi connectivity index (χ3v) is 1.86. The van der Waals surface area contributed by atoms with E-state index in [9.17, 15) is 4.70 Å². The molecular weight excluding hydrogens is 135 g/mol. The Balaban J connectivity index is 3.36. The summed E-state index contributed by atoms with van der Waals surface area (Å²) in [6.45, 7) is 5.96. The summed E-state index contributed by atoms with van der Waals surface area (Å²) in [5.41, 5.74) is 4.18. The predicted molar refractivity (Wildman–Crippen MR) is 46.7 cm³/mol. The summed E-state index contributed by atoms with van der Waals surface area (Å²) in [6.07, 6.45) is 0. The molecule has 1 rings (SSSR count). The normalized spacial score (nSPS) is 9.36. The third-order valence-electron chi connectivity index (χ3n) is 1.86. The number of rotatable bonds is 1. The quantitative estimate of drug-likeness (QED) is 0.545. The minimum atomic E-state index is 0.829. The Labute approximate surface area is 67.7 Å². The zero-order chi connectivity index (χ0) is 8.43. The molecule has 56 valence electrons. The molecule has 0 radical (unpaired) electrons. The van der Waals surface area contributed by atoms with Crippen LogP contribution in [-0.4, -0.2) is 7.15 Å². The average molecular weight is 146 g/mol. The minimum absolute atomic E-state index is 0.829. The van der Waals surface area contributed by atoms with Crippen molar-refractivity contribution < 1.29 is 4.70 Å². The van der Waals surface area contributed by atoms with Crippen molar-refractivity contribution in [2.75, 3.05) is 0 Å². The van der Waals surface area contributed by atoms with Gasteiger partial charge < -0.3 is 0 Å². The maximum atomic E-state index is 10.6. The Kier molecular flexibility index (Phi) is 2.23. The van der Waals surface area contributed by atoms with Gasteiger partial charge >= 0.3 is 66.9 Å². The van der Waals surface area contributed by atoms with Gasteiger partial charge in [-0.05, 0) is 0 Å². The molecule has 0 fully saturated rings. The Morgan fingerprint density at radius 2 is 1.55 bits per heavy atom. The van der Waals surface area contributed by atoms with Gasteiger partial charge in [0.05, 0.1) is 0 Å². The SMILES string of the molecule is Cc1cc(C)c(B=O)c(C)c1. The fourth-order valence-electron chi connectivity index (χ4n) is 1.38. The van der Waals surface area contributed by atoms with Gasteiger partial charge in [0.1, 0.15) is 0 Å². The number of hydrogen-bond acceptors (Lipinski definition) is 1. The van der Waals surface area contributed by atoms with Gasteiger partial charge in [0, 0.05) is 0 Å². The van der Waals surface area contributed by atoms with Gasteiger partial charge in [0.2, 0.25) is 0 Å². The van der Waals surface area contributed by atoms with E-state index in [-0.39, 0.29) is 0 Å². The second-order valence-corrected chi connectivity index (χ2v) is 2.93. The van der Waals surface area contributed by atoms with Crippen LogP contribution in [0.2, 0.25) is 0 Å². The fourth-order valence-corrected chi connectivity index (χ4v) is 1.38. The van der Waals surface area contributed by atoms with Crippen LogP contribution in [0.15, 0.2) is 12.1 Å². The molecule has 11 heavy (non-hydrogen) atoms. The Morgan fingerprint density at radius 1 is 1.09 bits per heavy atom. The van der Waals surface area contributed by atoms with Crippen molar-refractivity contribution in [3.8, 4) is 0 Å². The molecule has 0 aliphatic carbocycles. The van der Waals surface area contributed by atoms with Crippen molar-refractivity contribution in [1.29, 1.82) is 0 Å². The van der Waals surface area contributed by atoms with Crippen molar-refractivity contribution >= 4 is 12.6 Å².